The molecule has 0 radical (unpaired) electrons. The molecule has 148 valence electrons. The molecule has 0 aliphatic heterocycles. The average molecular weight is 409 g/mol. The van der Waals surface area contributed by atoms with Crippen molar-refractivity contribution >= 4 is 11.9 Å². The second-order valence-corrected chi connectivity index (χ2v) is 7.35. The maximum atomic E-state index is 14.4. The van der Waals surface area contributed by atoms with E-state index in [0.29, 0.717) is 12.8 Å². The Morgan fingerprint density at radius 2 is 1.69 bits per heavy atom. The van der Waals surface area contributed by atoms with Gasteiger partial charge >= 0.3 is 29.6 Å². The zero-order chi connectivity index (χ0) is 20.1. The molecule has 1 amide bonds. The van der Waals surface area contributed by atoms with Crippen LogP contribution in [0.2, 0.25) is 0 Å². The zero-order valence-corrected chi connectivity index (χ0v) is 18.4. The van der Waals surface area contributed by atoms with Crippen molar-refractivity contribution in [1.29, 1.82) is 0 Å². The van der Waals surface area contributed by atoms with E-state index in [0.717, 1.165) is 24.5 Å². The van der Waals surface area contributed by atoms with E-state index in [1.54, 1.807) is 24.3 Å². The molecular formula is C22H22F2NNaO3. The van der Waals surface area contributed by atoms with Crippen LogP contribution in [0.4, 0.5) is 8.78 Å². The van der Waals surface area contributed by atoms with Crippen molar-refractivity contribution in [1.82, 2.24) is 5.32 Å². The van der Waals surface area contributed by atoms with Crippen LogP contribution in [0.3, 0.4) is 0 Å². The van der Waals surface area contributed by atoms with E-state index in [9.17, 15) is 23.5 Å². The van der Waals surface area contributed by atoms with E-state index in [1.165, 1.54) is 12.1 Å². The Morgan fingerprint density at radius 3 is 2.31 bits per heavy atom. The first kappa shape index (κ1) is 23.5. The van der Waals surface area contributed by atoms with Crippen molar-refractivity contribution in [3.05, 3.63) is 71.3 Å². The molecule has 1 unspecified atom stereocenters. The Labute approximate surface area is 191 Å². The molecule has 29 heavy (non-hydrogen) atoms. The summed E-state index contributed by atoms with van der Waals surface area (Å²) >= 11 is 0. The molecule has 0 spiro atoms. The molecular weight excluding hydrogens is 387 g/mol. The molecule has 2 aromatic carbocycles. The molecule has 4 nitrogen and oxygen atoms in total. The molecule has 0 heterocycles. The van der Waals surface area contributed by atoms with Gasteiger partial charge in [0, 0.05) is 23.9 Å². The van der Waals surface area contributed by atoms with E-state index < -0.39 is 35.0 Å². The molecule has 1 fully saturated rings. The molecule has 1 aliphatic carbocycles. The number of rotatable bonds is 7. The number of nitrogens with one attached hydrogen (secondary N) is 1. The summed E-state index contributed by atoms with van der Waals surface area (Å²) < 4.78 is 28.1. The van der Waals surface area contributed by atoms with Crippen molar-refractivity contribution in [2.75, 3.05) is 0 Å². The first-order chi connectivity index (χ1) is 13.4. The van der Waals surface area contributed by atoms with Gasteiger partial charge in [0.1, 0.15) is 0 Å². The number of carboxylic acid groups (broad SMARTS) is 1. The molecule has 0 saturated heterocycles. The first-order valence-corrected chi connectivity index (χ1v) is 9.41. The normalized spacial score (nSPS) is 15.9. The fraction of sp³-hybridized carbons (Fsp3) is 0.364. The van der Waals surface area contributed by atoms with Gasteiger partial charge in [0.15, 0.2) is 11.6 Å². The van der Waals surface area contributed by atoms with Gasteiger partial charge < -0.3 is 15.2 Å². The topological polar surface area (TPSA) is 69.2 Å². The number of aliphatic carboxylic acids is 1. The molecule has 1 saturated carbocycles. The van der Waals surface area contributed by atoms with Gasteiger partial charge in [-0.2, -0.15) is 0 Å². The summed E-state index contributed by atoms with van der Waals surface area (Å²) in [4.78, 5) is 24.2. The Kier molecular flexibility index (Phi) is 8.37. The van der Waals surface area contributed by atoms with Crippen molar-refractivity contribution in [3.63, 3.8) is 0 Å². The fourth-order valence-electron chi connectivity index (χ4n) is 3.99. The molecule has 0 aromatic heterocycles. The summed E-state index contributed by atoms with van der Waals surface area (Å²) in [5.74, 6) is -4.74. The smallest absolute Gasteiger partial charge is 0.550 e. The minimum Gasteiger partial charge on any atom is -0.550 e. The van der Waals surface area contributed by atoms with E-state index in [4.69, 9.17) is 0 Å². The quantitative estimate of drug-likeness (QED) is 0.647. The molecule has 7 heteroatoms. The van der Waals surface area contributed by atoms with E-state index in [-0.39, 0.29) is 48.0 Å². The molecule has 1 atom stereocenters. The predicted molar refractivity (Wildman–Crippen MR) is 97.9 cm³/mol. The van der Waals surface area contributed by atoms with Gasteiger partial charge in [-0.25, -0.2) is 8.78 Å². The monoisotopic (exact) mass is 409 g/mol. The van der Waals surface area contributed by atoms with Gasteiger partial charge in [-0.05, 0) is 30.9 Å². The van der Waals surface area contributed by atoms with Crippen molar-refractivity contribution in [3.8, 4) is 0 Å². The van der Waals surface area contributed by atoms with Crippen LogP contribution < -0.4 is 40.0 Å². The second-order valence-electron chi connectivity index (χ2n) is 7.35. The van der Waals surface area contributed by atoms with E-state index in [1.807, 2.05) is 6.07 Å². The summed E-state index contributed by atoms with van der Waals surface area (Å²) in [7, 11) is 0. The van der Waals surface area contributed by atoms with Crippen LogP contribution in [-0.2, 0) is 21.5 Å². The van der Waals surface area contributed by atoms with Crippen LogP contribution in [0.1, 0.15) is 43.2 Å². The van der Waals surface area contributed by atoms with Crippen LogP contribution >= 0.6 is 0 Å². The standard InChI is InChI=1S/C22H23F2NO3.Na/c23-18-10-6-9-17(20(18)24)22(11-4-5-12-22)25-19(26)14-16(21(27)28)13-15-7-2-1-3-8-15;/h1-3,6-10,16H,4-5,11-14H2,(H,25,26)(H,27,28);/q;+1/p-1. The largest absolute Gasteiger partial charge is 1.00 e. The first-order valence-electron chi connectivity index (χ1n) is 9.41. The van der Waals surface area contributed by atoms with Crippen LogP contribution in [0.25, 0.3) is 0 Å². The van der Waals surface area contributed by atoms with Crippen molar-refractivity contribution < 1.29 is 53.0 Å². The van der Waals surface area contributed by atoms with Gasteiger partial charge in [-0.3, -0.25) is 4.79 Å². The summed E-state index contributed by atoms with van der Waals surface area (Å²) in [6.07, 6.45) is 2.38. The molecule has 0 bridgehead atoms. The number of benzene rings is 2. The predicted octanol–water partition coefficient (Wildman–Crippen LogP) is -0.147. The van der Waals surface area contributed by atoms with Gasteiger partial charge in [0.2, 0.25) is 5.91 Å². The van der Waals surface area contributed by atoms with Gasteiger partial charge in [-0.1, -0.05) is 55.3 Å². The number of hydrogen-bond acceptors (Lipinski definition) is 3. The van der Waals surface area contributed by atoms with Crippen LogP contribution in [0.15, 0.2) is 48.5 Å². The Bertz CT molecular complexity index is 854. The third kappa shape index (κ3) is 5.65. The van der Waals surface area contributed by atoms with E-state index >= 15 is 0 Å². The summed E-state index contributed by atoms with van der Waals surface area (Å²) in [5, 5.41) is 14.3. The minimum atomic E-state index is -1.31. The Balaban J connectivity index is 0.00000300. The van der Waals surface area contributed by atoms with E-state index in [2.05, 4.69) is 5.32 Å². The minimum absolute atomic E-state index is 0. The Hall–Kier alpha value is -1.76. The Morgan fingerprint density at radius 1 is 1.03 bits per heavy atom. The molecule has 1 aliphatic rings. The van der Waals surface area contributed by atoms with Crippen LogP contribution in [0, 0.1) is 17.6 Å². The number of hydrogen-bond donors (Lipinski definition) is 1. The van der Waals surface area contributed by atoms with Crippen molar-refractivity contribution in [2.24, 2.45) is 5.92 Å². The average Bonchev–Trinajstić information content (AvgIpc) is 3.13. The van der Waals surface area contributed by atoms with Crippen LogP contribution in [-0.4, -0.2) is 11.9 Å². The molecule has 2 aromatic rings. The van der Waals surface area contributed by atoms with Gasteiger partial charge in [0.05, 0.1) is 5.54 Å². The summed E-state index contributed by atoms with van der Waals surface area (Å²) in [6, 6.07) is 12.9. The summed E-state index contributed by atoms with van der Waals surface area (Å²) in [6.45, 7) is 0. The van der Waals surface area contributed by atoms with Gasteiger partial charge in [-0.15, -0.1) is 0 Å². The van der Waals surface area contributed by atoms with Gasteiger partial charge in [0.25, 0.3) is 0 Å². The molecule has 1 N–H and O–H groups in total. The fourth-order valence-corrected chi connectivity index (χ4v) is 3.99. The number of carboxylic acids is 1. The third-order valence-electron chi connectivity index (χ3n) is 5.39. The third-order valence-corrected chi connectivity index (χ3v) is 5.39. The van der Waals surface area contributed by atoms with Crippen molar-refractivity contribution in [2.45, 2.75) is 44.1 Å². The SMILES string of the molecule is O=C(CC(Cc1ccccc1)C(=O)[O-])NC1(c2cccc(F)c2F)CCCC1.[Na+]. The number of halogens is 2. The second kappa shape index (κ2) is 10.3. The maximum Gasteiger partial charge on any atom is 1.00 e. The number of carbonyl (C=O) groups is 2. The van der Waals surface area contributed by atoms with Crippen LogP contribution in [0.5, 0.6) is 0 Å². The molecule has 3 rings (SSSR count). The zero-order valence-electron chi connectivity index (χ0n) is 16.4. The maximum absolute atomic E-state index is 14.4. The number of amides is 1. The summed E-state index contributed by atoms with van der Waals surface area (Å²) in [5.41, 5.74) is -0.102. The number of carbonyl (C=O) groups excluding carboxylic acids is 2.